The first-order valence-corrected chi connectivity index (χ1v) is 6.36. The molecule has 0 saturated carbocycles. The lowest BCUT2D eigenvalue weighted by Gasteiger charge is -1.98. The molecule has 0 aliphatic rings. The molecule has 0 aliphatic heterocycles. The van der Waals surface area contributed by atoms with Gasteiger partial charge in [0.25, 0.3) is 0 Å². The van der Waals surface area contributed by atoms with Gasteiger partial charge in [0.05, 0.1) is 0 Å². The highest BCUT2D eigenvalue weighted by molar-refractivity contribution is 9.10. The Hall–Kier alpha value is -0.250. The third-order valence-electron chi connectivity index (χ3n) is 1.55. The van der Waals surface area contributed by atoms with Crippen molar-refractivity contribution < 1.29 is 0 Å². The molecule has 0 spiro atoms. The molecule has 0 fully saturated rings. The summed E-state index contributed by atoms with van der Waals surface area (Å²) in [5, 5.41) is 4.26. The maximum Gasteiger partial charge on any atom is 0.0421 e. The zero-order valence-corrected chi connectivity index (χ0v) is 9.95. The first-order valence-electron chi connectivity index (χ1n) is 3.81. The summed E-state index contributed by atoms with van der Waals surface area (Å²) in [6, 6.07) is 10.4. The van der Waals surface area contributed by atoms with E-state index in [1.807, 2.05) is 6.07 Å². The van der Waals surface area contributed by atoms with E-state index in [-0.39, 0.29) is 0 Å². The van der Waals surface area contributed by atoms with Crippen molar-refractivity contribution in [3.05, 3.63) is 45.6 Å². The van der Waals surface area contributed by atoms with E-state index in [1.54, 1.807) is 23.1 Å². The van der Waals surface area contributed by atoms with Crippen molar-refractivity contribution in [2.45, 2.75) is 9.79 Å². The molecule has 0 N–H and O–H groups in total. The van der Waals surface area contributed by atoms with Gasteiger partial charge in [-0.25, -0.2) is 0 Å². The molecule has 0 amide bonds. The first kappa shape index (κ1) is 9.31. The van der Waals surface area contributed by atoms with Crippen LogP contribution in [-0.2, 0) is 0 Å². The van der Waals surface area contributed by atoms with E-state index in [0.29, 0.717) is 0 Å². The maximum absolute atomic E-state index is 3.51. The van der Waals surface area contributed by atoms with Crippen LogP contribution >= 0.6 is 39.0 Å². The third kappa shape index (κ3) is 2.36. The summed E-state index contributed by atoms with van der Waals surface area (Å²) in [7, 11) is 0. The Bertz CT molecular complexity index is 381. The molecule has 0 atom stereocenters. The number of halogens is 1. The molecule has 0 radical (unpaired) electrons. The molecule has 1 aromatic carbocycles. The monoisotopic (exact) mass is 270 g/mol. The van der Waals surface area contributed by atoms with E-state index >= 15 is 0 Å². The van der Waals surface area contributed by atoms with Gasteiger partial charge in [-0.3, -0.25) is 0 Å². The molecule has 2 aromatic rings. The Morgan fingerprint density at radius 1 is 1.08 bits per heavy atom. The van der Waals surface area contributed by atoms with E-state index in [2.05, 4.69) is 51.0 Å². The highest BCUT2D eigenvalue weighted by Gasteiger charge is 2.01. The predicted molar refractivity (Wildman–Crippen MR) is 62.6 cm³/mol. The Morgan fingerprint density at radius 2 is 1.85 bits per heavy atom. The Balaban J connectivity index is 2.20. The second-order valence-corrected chi connectivity index (χ2v) is 5.21. The van der Waals surface area contributed by atoms with Crippen molar-refractivity contribution in [2.75, 3.05) is 0 Å². The Labute approximate surface area is 94.1 Å². The van der Waals surface area contributed by atoms with E-state index in [1.165, 1.54) is 14.3 Å². The highest BCUT2D eigenvalue weighted by atomic mass is 79.9. The van der Waals surface area contributed by atoms with Crippen LogP contribution < -0.4 is 0 Å². The zero-order valence-electron chi connectivity index (χ0n) is 6.74. The van der Waals surface area contributed by atoms with Gasteiger partial charge in [-0.15, -0.1) is 0 Å². The summed E-state index contributed by atoms with van der Waals surface area (Å²) in [5.41, 5.74) is 0. The fourth-order valence-electron chi connectivity index (χ4n) is 0.958. The van der Waals surface area contributed by atoms with Crippen molar-refractivity contribution in [2.24, 2.45) is 0 Å². The topological polar surface area (TPSA) is 0 Å². The lowest BCUT2D eigenvalue weighted by molar-refractivity contribution is 1.43. The zero-order chi connectivity index (χ0) is 9.10. The van der Waals surface area contributed by atoms with E-state index < -0.39 is 0 Å². The maximum atomic E-state index is 3.51. The van der Waals surface area contributed by atoms with E-state index in [9.17, 15) is 0 Å². The van der Waals surface area contributed by atoms with Crippen LogP contribution in [0.15, 0.2) is 55.4 Å². The minimum Gasteiger partial charge on any atom is -0.150 e. The molecule has 0 nitrogen and oxygen atoms in total. The van der Waals surface area contributed by atoms with Gasteiger partial charge in [-0.1, -0.05) is 30.0 Å². The van der Waals surface area contributed by atoms with Crippen LogP contribution in [-0.4, -0.2) is 0 Å². The molecule has 0 aliphatic carbocycles. The van der Waals surface area contributed by atoms with Crippen molar-refractivity contribution in [3.8, 4) is 0 Å². The number of hydrogen-bond acceptors (Lipinski definition) is 2. The van der Waals surface area contributed by atoms with Crippen LogP contribution in [0.2, 0.25) is 0 Å². The van der Waals surface area contributed by atoms with E-state index in [4.69, 9.17) is 0 Å². The highest BCUT2D eigenvalue weighted by Crippen LogP contribution is 2.35. The molecule has 2 rings (SSSR count). The SMILES string of the molecule is Brc1cscc1Sc1ccccc1. The van der Waals surface area contributed by atoms with Gasteiger partial charge in [0.15, 0.2) is 0 Å². The second-order valence-electron chi connectivity index (χ2n) is 2.50. The fraction of sp³-hybridized carbons (Fsp3) is 0. The summed E-state index contributed by atoms with van der Waals surface area (Å²) in [6.07, 6.45) is 0. The minimum absolute atomic E-state index is 1.19. The smallest absolute Gasteiger partial charge is 0.0421 e. The largest absolute Gasteiger partial charge is 0.150 e. The van der Waals surface area contributed by atoms with Crippen LogP contribution in [0.3, 0.4) is 0 Å². The Morgan fingerprint density at radius 3 is 2.46 bits per heavy atom. The van der Waals surface area contributed by atoms with Crippen molar-refractivity contribution >= 4 is 39.0 Å². The van der Waals surface area contributed by atoms with Crippen LogP contribution in [0.5, 0.6) is 0 Å². The van der Waals surface area contributed by atoms with Crippen LogP contribution in [0.1, 0.15) is 0 Å². The molecular formula is C10H7BrS2. The summed E-state index contributed by atoms with van der Waals surface area (Å²) in [6.45, 7) is 0. The van der Waals surface area contributed by atoms with Crippen LogP contribution in [0, 0.1) is 0 Å². The van der Waals surface area contributed by atoms with Crippen molar-refractivity contribution in [1.29, 1.82) is 0 Å². The minimum atomic E-state index is 1.19. The Kier molecular flexibility index (Phi) is 3.09. The molecule has 0 bridgehead atoms. The van der Waals surface area contributed by atoms with Gasteiger partial charge in [0, 0.05) is 25.0 Å². The van der Waals surface area contributed by atoms with Gasteiger partial charge >= 0.3 is 0 Å². The first-order chi connectivity index (χ1) is 6.36. The van der Waals surface area contributed by atoms with Gasteiger partial charge in [-0.2, -0.15) is 11.3 Å². The molecule has 1 aromatic heterocycles. The molecule has 0 unspecified atom stereocenters. The average molecular weight is 271 g/mol. The lowest BCUT2D eigenvalue weighted by atomic mass is 10.4. The average Bonchev–Trinajstić information content (AvgIpc) is 2.54. The standard InChI is InChI=1S/C10H7BrS2/c11-9-6-12-7-10(9)13-8-4-2-1-3-5-8/h1-7H. The summed E-state index contributed by atoms with van der Waals surface area (Å²) < 4.78 is 1.19. The molecule has 0 saturated heterocycles. The molecular weight excluding hydrogens is 264 g/mol. The normalized spacial score (nSPS) is 10.2. The number of thiophene rings is 1. The second kappa shape index (κ2) is 4.31. The number of hydrogen-bond donors (Lipinski definition) is 0. The number of benzene rings is 1. The number of rotatable bonds is 2. The fourth-order valence-corrected chi connectivity index (χ4v) is 3.49. The van der Waals surface area contributed by atoms with Gasteiger partial charge in [0.2, 0.25) is 0 Å². The van der Waals surface area contributed by atoms with Crippen molar-refractivity contribution in [1.82, 2.24) is 0 Å². The van der Waals surface area contributed by atoms with Crippen LogP contribution in [0.4, 0.5) is 0 Å². The molecule has 66 valence electrons. The molecule has 1 heterocycles. The van der Waals surface area contributed by atoms with Gasteiger partial charge in [-0.05, 0) is 28.1 Å². The predicted octanol–water partition coefficient (Wildman–Crippen LogP) is 4.66. The quantitative estimate of drug-likeness (QED) is 0.765. The van der Waals surface area contributed by atoms with Gasteiger partial charge in [0.1, 0.15) is 0 Å². The summed E-state index contributed by atoms with van der Waals surface area (Å²) in [4.78, 5) is 2.57. The summed E-state index contributed by atoms with van der Waals surface area (Å²) >= 11 is 7.02. The lowest BCUT2D eigenvalue weighted by Crippen LogP contribution is -1.68. The third-order valence-corrected chi connectivity index (χ3v) is 4.73. The van der Waals surface area contributed by atoms with Crippen LogP contribution in [0.25, 0.3) is 0 Å². The van der Waals surface area contributed by atoms with Crippen molar-refractivity contribution in [3.63, 3.8) is 0 Å². The molecule has 3 heteroatoms. The van der Waals surface area contributed by atoms with Gasteiger partial charge < -0.3 is 0 Å². The summed E-state index contributed by atoms with van der Waals surface area (Å²) in [5.74, 6) is 0. The van der Waals surface area contributed by atoms with E-state index in [0.717, 1.165) is 0 Å². The molecule has 13 heavy (non-hydrogen) atoms.